The molecule has 2 atom stereocenters. The van der Waals surface area contributed by atoms with E-state index < -0.39 is 6.10 Å². The van der Waals surface area contributed by atoms with Gasteiger partial charge in [-0.1, -0.05) is 17.7 Å². The number of hydrogen-bond acceptors (Lipinski definition) is 5. The van der Waals surface area contributed by atoms with Crippen molar-refractivity contribution in [3.63, 3.8) is 0 Å². The molecular weight excluding hydrogens is 318 g/mol. The Morgan fingerprint density at radius 1 is 1.48 bits per heavy atom. The molecule has 2 heterocycles. The van der Waals surface area contributed by atoms with Crippen molar-refractivity contribution in [2.24, 2.45) is 0 Å². The number of benzene rings is 1. The summed E-state index contributed by atoms with van der Waals surface area (Å²) in [4.78, 5) is 28.9. The topological polar surface area (TPSA) is 84.2 Å². The first-order valence-corrected chi connectivity index (χ1v) is 8.01. The number of ketones is 1. The maximum Gasteiger partial charge on any atom is 0.263 e. The zero-order valence-corrected chi connectivity index (χ0v) is 13.3. The van der Waals surface area contributed by atoms with Gasteiger partial charge in [0.2, 0.25) is 0 Å². The summed E-state index contributed by atoms with van der Waals surface area (Å²) in [6.07, 6.45) is 2.63. The molecule has 1 fully saturated rings. The highest BCUT2D eigenvalue weighted by Crippen LogP contribution is 2.17. The first-order chi connectivity index (χ1) is 11.1. The number of Topliss-reactive ketones (excluding diaryl/α,β-unsaturated/α-hetero) is 1. The van der Waals surface area contributed by atoms with Crippen LogP contribution in [0.1, 0.15) is 19.3 Å². The van der Waals surface area contributed by atoms with E-state index in [4.69, 9.17) is 11.6 Å². The van der Waals surface area contributed by atoms with Crippen LogP contribution < -0.4 is 10.9 Å². The molecular formula is C16H18ClN3O3. The van der Waals surface area contributed by atoms with Gasteiger partial charge in [-0.2, -0.15) is 0 Å². The minimum Gasteiger partial charge on any atom is -0.391 e. The zero-order chi connectivity index (χ0) is 16.4. The molecule has 1 saturated heterocycles. The van der Waals surface area contributed by atoms with Crippen molar-refractivity contribution in [3.8, 4) is 0 Å². The first-order valence-electron chi connectivity index (χ1n) is 7.63. The van der Waals surface area contributed by atoms with E-state index in [9.17, 15) is 14.7 Å². The number of nitrogens with zero attached hydrogens (tertiary/aromatic N) is 2. The minimum atomic E-state index is -0.520. The van der Waals surface area contributed by atoms with E-state index in [1.54, 1.807) is 18.2 Å². The Hall–Kier alpha value is -1.76. The van der Waals surface area contributed by atoms with Gasteiger partial charge in [-0.3, -0.25) is 14.2 Å². The lowest BCUT2D eigenvalue weighted by Gasteiger charge is -2.28. The van der Waals surface area contributed by atoms with E-state index in [0.717, 1.165) is 13.0 Å². The van der Waals surface area contributed by atoms with Crippen LogP contribution >= 0.6 is 11.6 Å². The Labute approximate surface area is 138 Å². The van der Waals surface area contributed by atoms with Crippen molar-refractivity contribution < 1.29 is 9.90 Å². The Morgan fingerprint density at radius 2 is 2.30 bits per heavy atom. The van der Waals surface area contributed by atoms with Crippen LogP contribution in [0.5, 0.6) is 0 Å². The Bertz CT molecular complexity index is 790. The highest BCUT2D eigenvalue weighted by atomic mass is 35.5. The summed E-state index contributed by atoms with van der Waals surface area (Å²) in [6.45, 7) is 0.722. The summed E-state index contributed by atoms with van der Waals surface area (Å²) < 4.78 is 1.27. The maximum atomic E-state index is 12.5. The predicted octanol–water partition coefficient (Wildman–Crippen LogP) is 1.12. The molecule has 1 aliphatic heterocycles. The molecule has 1 aromatic heterocycles. The van der Waals surface area contributed by atoms with Gasteiger partial charge in [-0.15, -0.1) is 0 Å². The van der Waals surface area contributed by atoms with E-state index in [2.05, 4.69) is 10.3 Å². The van der Waals surface area contributed by atoms with E-state index in [1.165, 1.54) is 10.9 Å². The van der Waals surface area contributed by atoms with Crippen molar-refractivity contribution in [1.29, 1.82) is 0 Å². The van der Waals surface area contributed by atoms with E-state index in [0.29, 0.717) is 22.3 Å². The fraction of sp³-hybridized carbons (Fsp3) is 0.438. The van der Waals surface area contributed by atoms with Crippen LogP contribution in [-0.4, -0.2) is 39.1 Å². The summed E-state index contributed by atoms with van der Waals surface area (Å²) >= 11 is 6.06. The smallest absolute Gasteiger partial charge is 0.263 e. The second-order valence-corrected chi connectivity index (χ2v) is 6.23. The number of rotatable bonds is 4. The molecule has 1 unspecified atom stereocenters. The largest absolute Gasteiger partial charge is 0.391 e. The molecule has 0 saturated carbocycles. The number of hydrogen-bond donors (Lipinski definition) is 2. The summed E-state index contributed by atoms with van der Waals surface area (Å²) in [5.41, 5.74) is 0.182. The van der Waals surface area contributed by atoms with Crippen LogP contribution in [0.15, 0.2) is 29.3 Å². The fourth-order valence-corrected chi connectivity index (χ4v) is 3.17. The van der Waals surface area contributed by atoms with Gasteiger partial charge < -0.3 is 10.4 Å². The Morgan fingerprint density at radius 3 is 3.09 bits per heavy atom. The summed E-state index contributed by atoms with van der Waals surface area (Å²) in [5, 5.41) is 13.7. The van der Waals surface area contributed by atoms with Gasteiger partial charge in [0, 0.05) is 12.5 Å². The highest BCUT2D eigenvalue weighted by molar-refractivity contribution is 6.35. The lowest BCUT2D eigenvalue weighted by molar-refractivity contribution is -0.121. The van der Waals surface area contributed by atoms with Crippen molar-refractivity contribution in [2.45, 2.75) is 38.0 Å². The van der Waals surface area contributed by atoms with Gasteiger partial charge in [0.05, 0.1) is 34.9 Å². The Balaban J connectivity index is 1.79. The average molecular weight is 336 g/mol. The molecule has 2 N–H and O–H groups in total. The second-order valence-electron chi connectivity index (χ2n) is 5.82. The molecule has 122 valence electrons. The van der Waals surface area contributed by atoms with Crippen molar-refractivity contribution >= 4 is 28.3 Å². The van der Waals surface area contributed by atoms with Crippen molar-refractivity contribution in [1.82, 2.24) is 14.9 Å². The molecule has 3 rings (SSSR count). The number of halogens is 1. The monoisotopic (exact) mass is 335 g/mol. The number of nitrogens with one attached hydrogen (secondary N) is 1. The number of aliphatic hydroxyl groups is 1. The van der Waals surface area contributed by atoms with Crippen LogP contribution in [-0.2, 0) is 11.3 Å². The Kier molecular flexibility index (Phi) is 4.75. The van der Waals surface area contributed by atoms with Crippen molar-refractivity contribution in [2.75, 3.05) is 6.54 Å². The fourth-order valence-electron chi connectivity index (χ4n) is 2.92. The van der Waals surface area contributed by atoms with Gasteiger partial charge in [0.15, 0.2) is 5.78 Å². The number of carbonyl (C=O) groups excluding carboxylic acids is 1. The standard InChI is InChI=1S/C16H18ClN3O3/c17-11-3-1-4-12-15(11)16(23)20(9-19-12)8-10(21)7-13-14(22)5-2-6-18-13/h1,3-4,9,13-14,18,22H,2,5-8H2/t13-,14?/m1/s1. The van der Waals surface area contributed by atoms with Crippen LogP contribution in [0.4, 0.5) is 0 Å². The third kappa shape index (κ3) is 3.44. The molecule has 6 nitrogen and oxygen atoms in total. The van der Waals surface area contributed by atoms with Crippen LogP contribution in [0.3, 0.4) is 0 Å². The number of aliphatic hydroxyl groups excluding tert-OH is 1. The van der Waals surface area contributed by atoms with Gasteiger partial charge >= 0.3 is 0 Å². The van der Waals surface area contributed by atoms with Crippen LogP contribution in [0, 0.1) is 0 Å². The molecule has 2 aromatic rings. The van der Waals surface area contributed by atoms with E-state index >= 15 is 0 Å². The molecule has 0 radical (unpaired) electrons. The van der Waals surface area contributed by atoms with E-state index in [-0.39, 0.29) is 30.3 Å². The van der Waals surface area contributed by atoms with Gasteiger partial charge in [-0.25, -0.2) is 4.98 Å². The SMILES string of the molecule is O=C(C[C@H]1NCCCC1O)Cn1cnc2cccc(Cl)c2c1=O. The quantitative estimate of drug-likeness (QED) is 0.874. The summed E-state index contributed by atoms with van der Waals surface area (Å²) in [7, 11) is 0. The predicted molar refractivity (Wildman–Crippen MR) is 87.7 cm³/mol. The summed E-state index contributed by atoms with van der Waals surface area (Å²) in [6, 6.07) is 4.81. The van der Waals surface area contributed by atoms with E-state index in [1.807, 2.05) is 0 Å². The third-order valence-electron chi connectivity index (χ3n) is 4.14. The second kappa shape index (κ2) is 6.78. The normalized spacial score (nSPS) is 21.5. The number of piperidine rings is 1. The number of aromatic nitrogens is 2. The number of carbonyl (C=O) groups is 1. The van der Waals surface area contributed by atoms with Crippen LogP contribution in [0.25, 0.3) is 10.9 Å². The third-order valence-corrected chi connectivity index (χ3v) is 4.46. The van der Waals surface area contributed by atoms with Gasteiger partial charge in [0.25, 0.3) is 5.56 Å². The number of fused-ring (bicyclic) bond motifs is 1. The average Bonchev–Trinajstić information content (AvgIpc) is 2.52. The zero-order valence-electron chi connectivity index (χ0n) is 12.5. The molecule has 0 aliphatic carbocycles. The molecule has 1 aliphatic rings. The minimum absolute atomic E-state index is 0.0715. The van der Waals surface area contributed by atoms with Crippen LogP contribution in [0.2, 0.25) is 5.02 Å². The molecule has 1 aromatic carbocycles. The first kappa shape index (κ1) is 16.1. The molecule has 7 heteroatoms. The molecule has 0 amide bonds. The molecule has 23 heavy (non-hydrogen) atoms. The maximum absolute atomic E-state index is 12.5. The highest BCUT2D eigenvalue weighted by Gasteiger charge is 2.25. The molecule has 0 spiro atoms. The van der Waals surface area contributed by atoms with Gasteiger partial charge in [0.1, 0.15) is 0 Å². The summed E-state index contributed by atoms with van der Waals surface area (Å²) in [5.74, 6) is -0.126. The van der Waals surface area contributed by atoms with Gasteiger partial charge in [-0.05, 0) is 31.5 Å². The molecule has 0 bridgehead atoms. The lowest BCUT2D eigenvalue weighted by Crippen LogP contribution is -2.46. The van der Waals surface area contributed by atoms with Crippen molar-refractivity contribution in [3.05, 3.63) is 39.9 Å². The lowest BCUT2D eigenvalue weighted by atomic mass is 9.97.